The van der Waals surface area contributed by atoms with Crippen molar-refractivity contribution in [3.63, 3.8) is 0 Å². The van der Waals surface area contributed by atoms with E-state index in [4.69, 9.17) is 26.1 Å². The van der Waals surface area contributed by atoms with Crippen LogP contribution in [0.3, 0.4) is 0 Å². The number of benzene rings is 1. The summed E-state index contributed by atoms with van der Waals surface area (Å²) in [5.41, 5.74) is 1.63. The monoisotopic (exact) mass is 425 g/mol. The van der Waals surface area contributed by atoms with Crippen molar-refractivity contribution in [2.75, 3.05) is 7.11 Å². The zero-order valence-corrected chi connectivity index (χ0v) is 18.0. The molecule has 30 heavy (non-hydrogen) atoms. The van der Waals surface area contributed by atoms with E-state index < -0.39 is 5.56 Å². The third kappa shape index (κ3) is 3.87. The summed E-state index contributed by atoms with van der Waals surface area (Å²) in [6.45, 7) is 3.67. The highest BCUT2D eigenvalue weighted by Gasteiger charge is 2.17. The van der Waals surface area contributed by atoms with Gasteiger partial charge in [-0.2, -0.15) is 0 Å². The van der Waals surface area contributed by atoms with Crippen LogP contribution in [0.15, 0.2) is 44.7 Å². The van der Waals surface area contributed by atoms with E-state index in [2.05, 4.69) is 9.98 Å². The first-order valence-corrected chi connectivity index (χ1v) is 10.3. The van der Waals surface area contributed by atoms with E-state index in [-0.39, 0.29) is 15.9 Å². The van der Waals surface area contributed by atoms with Crippen LogP contribution in [0.1, 0.15) is 38.2 Å². The molecule has 0 N–H and O–H groups in total. The molecule has 1 fully saturated rings. The van der Waals surface area contributed by atoms with E-state index in [9.17, 15) is 4.79 Å². The van der Waals surface area contributed by atoms with Crippen LogP contribution in [0.5, 0.6) is 11.5 Å². The van der Waals surface area contributed by atoms with E-state index in [1.807, 2.05) is 25.1 Å². The highest BCUT2D eigenvalue weighted by molar-refractivity contribution is 7.71. The standard InChI is InChI=1S/C22H23N3O4S/c1-13-12-16(28-15-6-4-5-7-15)8-9-17(13)24-14(2)25-21(26)19-20(29-22(25)30)18(27-3)10-11-23-19/h8-12,15H,4-7H2,1-3H3/b24-14+. The van der Waals surface area contributed by atoms with Gasteiger partial charge in [-0.1, -0.05) is 0 Å². The third-order valence-corrected chi connectivity index (χ3v) is 5.51. The number of methoxy groups -OCH3 is 1. The van der Waals surface area contributed by atoms with Gasteiger partial charge in [0.15, 0.2) is 11.3 Å². The lowest BCUT2D eigenvalue weighted by Gasteiger charge is -2.14. The summed E-state index contributed by atoms with van der Waals surface area (Å²) in [7, 11) is 1.49. The van der Waals surface area contributed by atoms with Crippen molar-refractivity contribution in [2.24, 2.45) is 4.99 Å². The Morgan fingerprint density at radius 3 is 2.77 bits per heavy atom. The molecular weight excluding hydrogens is 402 g/mol. The fraction of sp³-hybridized carbons (Fsp3) is 0.364. The lowest BCUT2D eigenvalue weighted by Crippen LogP contribution is -2.26. The van der Waals surface area contributed by atoms with E-state index in [1.165, 1.54) is 30.7 Å². The lowest BCUT2D eigenvalue weighted by atomic mass is 10.2. The number of pyridine rings is 1. The van der Waals surface area contributed by atoms with Gasteiger partial charge in [-0.3, -0.25) is 4.79 Å². The summed E-state index contributed by atoms with van der Waals surface area (Å²) >= 11 is 5.31. The maximum absolute atomic E-state index is 13.0. The zero-order chi connectivity index (χ0) is 21.3. The number of fused-ring (bicyclic) bond motifs is 1. The molecule has 0 aliphatic heterocycles. The van der Waals surface area contributed by atoms with E-state index >= 15 is 0 Å². The Hall–Kier alpha value is -3.00. The van der Waals surface area contributed by atoms with Gasteiger partial charge in [0, 0.05) is 12.3 Å². The minimum absolute atomic E-state index is 0.0149. The van der Waals surface area contributed by atoms with Crippen molar-refractivity contribution in [3.8, 4) is 11.5 Å². The predicted molar refractivity (Wildman–Crippen MR) is 118 cm³/mol. The molecule has 0 radical (unpaired) electrons. The Labute approximate surface area is 179 Å². The molecule has 3 aromatic rings. The summed E-state index contributed by atoms with van der Waals surface area (Å²) < 4.78 is 18.2. The van der Waals surface area contributed by atoms with Crippen molar-refractivity contribution in [3.05, 3.63) is 51.2 Å². The molecule has 4 rings (SSSR count). The molecule has 0 atom stereocenters. The molecule has 1 saturated carbocycles. The summed E-state index contributed by atoms with van der Waals surface area (Å²) in [6, 6.07) is 7.38. The summed E-state index contributed by atoms with van der Waals surface area (Å²) in [5.74, 6) is 1.64. The van der Waals surface area contributed by atoms with E-state index in [1.54, 1.807) is 13.0 Å². The summed E-state index contributed by atoms with van der Waals surface area (Å²) in [6.07, 6.45) is 6.44. The topological polar surface area (TPSA) is 78.8 Å². The van der Waals surface area contributed by atoms with Crippen LogP contribution in [0.4, 0.5) is 5.69 Å². The Morgan fingerprint density at radius 1 is 1.30 bits per heavy atom. The summed E-state index contributed by atoms with van der Waals surface area (Å²) in [4.78, 5) is 21.7. The number of aromatic nitrogens is 2. The summed E-state index contributed by atoms with van der Waals surface area (Å²) in [5, 5.41) is 0. The van der Waals surface area contributed by atoms with Gasteiger partial charge in [0.2, 0.25) is 5.58 Å². The Kier molecular flexibility index (Phi) is 5.67. The van der Waals surface area contributed by atoms with Crippen LogP contribution in [0.2, 0.25) is 0 Å². The minimum atomic E-state index is -0.403. The number of hydrogen-bond acceptors (Lipinski definition) is 7. The van der Waals surface area contributed by atoms with Crippen molar-refractivity contribution in [1.82, 2.24) is 9.55 Å². The normalized spacial score (nSPS) is 15.0. The van der Waals surface area contributed by atoms with Crippen molar-refractivity contribution >= 4 is 34.8 Å². The fourth-order valence-corrected chi connectivity index (χ4v) is 3.99. The molecule has 2 heterocycles. The highest BCUT2D eigenvalue weighted by atomic mass is 32.1. The largest absolute Gasteiger partial charge is 0.493 e. The number of hydrogen-bond donors (Lipinski definition) is 0. The molecule has 0 unspecified atom stereocenters. The van der Waals surface area contributed by atoms with Gasteiger partial charge < -0.3 is 13.9 Å². The fourth-order valence-electron chi connectivity index (χ4n) is 3.69. The third-order valence-electron chi connectivity index (χ3n) is 5.25. The number of aryl methyl sites for hydroxylation is 1. The Balaban J connectivity index is 1.70. The molecule has 7 nitrogen and oxygen atoms in total. The van der Waals surface area contributed by atoms with Gasteiger partial charge in [-0.05, 0) is 75.5 Å². The highest BCUT2D eigenvalue weighted by Crippen LogP contribution is 2.28. The second-order valence-corrected chi connectivity index (χ2v) is 7.68. The zero-order valence-electron chi connectivity index (χ0n) is 17.2. The second-order valence-electron chi connectivity index (χ2n) is 7.33. The van der Waals surface area contributed by atoms with Crippen molar-refractivity contribution in [1.29, 1.82) is 0 Å². The molecule has 0 amide bonds. The molecule has 1 aromatic carbocycles. The SMILES string of the molecule is COc1ccnc2c(=O)n(/C(C)=N/c3ccc(OC4CCCC4)cc3C)c(=S)oc12. The molecule has 1 aliphatic rings. The van der Waals surface area contributed by atoms with E-state index in [0.717, 1.165) is 29.8 Å². The minimum Gasteiger partial charge on any atom is -0.493 e. The van der Waals surface area contributed by atoms with Crippen LogP contribution in [-0.2, 0) is 0 Å². The van der Waals surface area contributed by atoms with Gasteiger partial charge in [-0.15, -0.1) is 0 Å². The molecule has 0 spiro atoms. The quantitative estimate of drug-likeness (QED) is 0.334. The number of rotatable bonds is 4. The van der Waals surface area contributed by atoms with Gasteiger partial charge in [0.1, 0.15) is 11.6 Å². The smallest absolute Gasteiger partial charge is 0.289 e. The van der Waals surface area contributed by atoms with Gasteiger partial charge in [0.25, 0.3) is 10.4 Å². The van der Waals surface area contributed by atoms with Crippen LogP contribution in [-0.4, -0.2) is 28.6 Å². The van der Waals surface area contributed by atoms with Gasteiger partial charge in [0.05, 0.1) is 18.9 Å². The van der Waals surface area contributed by atoms with Gasteiger partial charge in [-0.25, -0.2) is 14.5 Å². The van der Waals surface area contributed by atoms with Crippen LogP contribution < -0.4 is 15.0 Å². The average molecular weight is 426 g/mol. The van der Waals surface area contributed by atoms with Crippen molar-refractivity contribution < 1.29 is 13.9 Å². The maximum Gasteiger partial charge on any atom is 0.289 e. The predicted octanol–water partition coefficient (Wildman–Crippen LogP) is 4.96. The first-order chi connectivity index (χ1) is 14.5. The molecule has 2 aromatic heterocycles. The maximum atomic E-state index is 13.0. The van der Waals surface area contributed by atoms with Crippen LogP contribution >= 0.6 is 12.2 Å². The van der Waals surface area contributed by atoms with Gasteiger partial charge >= 0.3 is 0 Å². The first-order valence-electron chi connectivity index (χ1n) is 9.90. The molecule has 1 aliphatic carbocycles. The molecule has 8 heteroatoms. The Bertz CT molecular complexity index is 1240. The second kappa shape index (κ2) is 8.39. The van der Waals surface area contributed by atoms with Crippen LogP contribution in [0, 0.1) is 11.8 Å². The van der Waals surface area contributed by atoms with Crippen LogP contribution in [0.25, 0.3) is 11.1 Å². The average Bonchev–Trinajstić information content (AvgIpc) is 3.23. The lowest BCUT2D eigenvalue weighted by molar-refractivity contribution is 0.210. The number of nitrogens with zero attached hydrogens (tertiary/aromatic N) is 3. The number of aliphatic imine (C=N–C) groups is 1. The number of ether oxygens (including phenoxy) is 2. The first kappa shape index (κ1) is 20.3. The molecule has 156 valence electrons. The Morgan fingerprint density at radius 2 is 2.07 bits per heavy atom. The molecule has 0 saturated heterocycles. The molecule has 0 bridgehead atoms. The van der Waals surface area contributed by atoms with Crippen molar-refractivity contribution in [2.45, 2.75) is 45.6 Å². The van der Waals surface area contributed by atoms with E-state index in [0.29, 0.717) is 17.7 Å². The molecular formula is C22H23N3O4S.